The first-order chi connectivity index (χ1) is 21.5. The van der Waals surface area contributed by atoms with Gasteiger partial charge >= 0.3 is 0 Å². The SMILES string of the molecule is CCCCC(=O)NCCCCCN(O)C(=O)CCC(=O)NCCCCCN(O)C(=O)CCC(=O)NCCCCCN(O)C(C)=O. The molecule has 0 unspecified atom stereocenters. The molecule has 0 fully saturated rings. The third kappa shape index (κ3) is 24.7. The molecule has 0 aromatic carbocycles. The average molecular weight is 645 g/mol. The quantitative estimate of drug-likeness (QED) is 0.0440. The standard InChI is InChI=1S/C30H56N6O9/c1-3-4-14-26(38)31-19-9-6-12-23-35(44)29(41)18-16-28(40)33-21-10-7-13-24-36(45)30(42)17-15-27(39)32-20-8-5-11-22-34(43)25(2)37/h43-45H,3-24H2,1-2H3,(H,31,38)(H,32,39)(H,33,40). The van der Waals surface area contributed by atoms with Gasteiger partial charge in [0.05, 0.1) is 0 Å². The van der Waals surface area contributed by atoms with E-state index in [9.17, 15) is 44.4 Å². The summed E-state index contributed by atoms with van der Waals surface area (Å²) in [6.45, 7) is 5.16. The van der Waals surface area contributed by atoms with Crippen molar-refractivity contribution in [2.45, 2.75) is 117 Å². The Balaban J connectivity index is 3.76. The van der Waals surface area contributed by atoms with Gasteiger partial charge in [-0.05, 0) is 64.2 Å². The zero-order valence-corrected chi connectivity index (χ0v) is 27.2. The normalized spacial score (nSPS) is 10.6. The number of unbranched alkanes of at least 4 members (excludes halogenated alkanes) is 7. The van der Waals surface area contributed by atoms with Crippen LogP contribution in [-0.2, 0) is 28.8 Å². The van der Waals surface area contributed by atoms with Crippen molar-refractivity contribution in [3.8, 4) is 0 Å². The van der Waals surface area contributed by atoms with Gasteiger partial charge in [0.1, 0.15) is 0 Å². The molecular formula is C30H56N6O9. The molecule has 0 bridgehead atoms. The molecule has 0 aliphatic carbocycles. The second kappa shape index (κ2) is 27.0. The molecule has 260 valence electrons. The van der Waals surface area contributed by atoms with Crippen molar-refractivity contribution in [1.29, 1.82) is 0 Å². The number of carbonyl (C=O) groups excluding carboxylic acids is 6. The van der Waals surface area contributed by atoms with Crippen LogP contribution in [0.3, 0.4) is 0 Å². The summed E-state index contributed by atoms with van der Waals surface area (Å²) in [6.07, 6.45) is 7.86. The van der Waals surface area contributed by atoms with Gasteiger partial charge in [-0.3, -0.25) is 44.4 Å². The predicted octanol–water partition coefficient (Wildman–Crippen LogP) is 2.27. The van der Waals surface area contributed by atoms with Crippen LogP contribution in [0.15, 0.2) is 0 Å². The minimum atomic E-state index is -0.556. The Bertz CT molecular complexity index is 890. The van der Waals surface area contributed by atoms with Crippen LogP contribution < -0.4 is 16.0 Å². The fourth-order valence-corrected chi connectivity index (χ4v) is 4.08. The second-order valence-corrected chi connectivity index (χ2v) is 11.0. The molecule has 0 saturated heterocycles. The Labute approximate surface area is 266 Å². The maximum atomic E-state index is 12.0. The highest BCUT2D eigenvalue weighted by Crippen LogP contribution is 2.04. The second-order valence-electron chi connectivity index (χ2n) is 11.0. The lowest BCUT2D eigenvalue weighted by atomic mass is 10.2. The summed E-state index contributed by atoms with van der Waals surface area (Å²) in [5.41, 5.74) is 0. The largest absolute Gasteiger partial charge is 0.356 e. The Morgan fingerprint density at radius 2 is 0.822 bits per heavy atom. The summed E-state index contributed by atoms with van der Waals surface area (Å²) >= 11 is 0. The van der Waals surface area contributed by atoms with Crippen molar-refractivity contribution >= 4 is 35.4 Å². The van der Waals surface area contributed by atoms with Gasteiger partial charge < -0.3 is 16.0 Å². The molecule has 6 amide bonds. The molecule has 0 aromatic heterocycles. The maximum absolute atomic E-state index is 12.0. The first-order valence-corrected chi connectivity index (χ1v) is 16.2. The van der Waals surface area contributed by atoms with Gasteiger partial charge in [0.2, 0.25) is 35.4 Å². The zero-order chi connectivity index (χ0) is 33.9. The Hall–Kier alpha value is -3.30. The number of rotatable bonds is 27. The van der Waals surface area contributed by atoms with E-state index in [4.69, 9.17) is 0 Å². The summed E-state index contributed by atoms with van der Waals surface area (Å²) in [6, 6.07) is 0. The fourth-order valence-electron chi connectivity index (χ4n) is 4.08. The van der Waals surface area contributed by atoms with Crippen LogP contribution >= 0.6 is 0 Å². The van der Waals surface area contributed by atoms with Gasteiger partial charge in [0, 0.05) is 78.3 Å². The molecule has 45 heavy (non-hydrogen) atoms. The third-order valence-corrected chi connectivity index (χ3v) is 6.94. The molecule has 0 spiro atoms. The van der Waals surface area contributed by atoms with Crippen molar-refractivity contribution in [3.05, 3.63) is 0 Å². The zero-order valence-electron chi connectivity index (χ0n) is 27.2. The van der Waals surface area contributed by atoms with Crippen molar-refractivity contribution in [1.82, 2.24) is 31.1 Å². The number of amides is 6. The van der Waals surface area contributed by atoms with E-state index in [0.29, 0.717) is 86.2 Å². The molecule has 0 saturated carbocycles. The smallest absolute Gasteiger partial charge is 0.246 e. The van der Waals surface area contributed by atoms with E-state index >= 15 is 0 Å². The van der Waals surface area contributed by atoms with E-state index in [1.54, 1.807) is 0 Å². The van der Waals surface area contributed by atoms with Crippen LogP contribution in [0.25, 0.3) is 0 Å². The van der Waals surface area contributed by atoms with E-state index in [0.717, 1.165) is 25.7 Å². The molecule has 0 rings (SSSR count). The van der Waals surface area contributed by atoms with Crippen LogP contribution in [0.2, 0.25) is 0 Å². The number of nitrogens with zero attached hydrogens (tertiary/aromatic N) is 3. The van der Waals surface area contributed by atoms with Crippen molar-refractivity contribution in [2.24, 2.45) is 0 Å². The first kappa shape index (κ1) is 41.7. The van der Waals surface area contributed by atoms with Gasteiger partial charge in [-0.25, -0.2) is 15.2 Å². The molecule has 0 aromatic rings. The molecule has 0 aliphatic rings. The number of nitrogens with one attached hydrogen (secondary N) is 3. The fraction of sp³-hybridized carbons (Fsp3) is 0.800. The minimum Gasteiger partial charge on any atom is -0.356 e. The maximum Gasteiger partial charge on any atom is 0.246 e. The van der Waals surface area contributed by atoms with Gasteiger partial charge in [0.25, 0.3) is 0 Å². The van der Waals surface area contributed by atoms with Crippen molar-refractivity contribution in [2.75, 3.05) is 39.3 Å². The summed E-state index contributed by atoms with van der Waals surface area (Å²) in [7, 11) is 0. The van der Waals surface area contributed by atoms with Gasteiger partial charge in [-0.1, -0.05) is 13.3 Å². The Kier molecular flexibility index (Phi) is 25.1. The van der Waals surface area contributed by atoms with E-state index in [2.05, 4.69) is 16.0 Å². The highest BCUT2D eigenvalue weighted by Gasteiger charge is 2.14. The third-order valence-electron chi connectivity index (χ3n) is 6.94. The summed E-state index contributed by atoms with van der Waals surface area (Å²) in [5, 5.41) is 39.2. The van der Waals surface area contributed by atoms with E-state index in [1.807, 2.05) is 6.92 Å². The molecular weight excluding hydrogens is 588 g/mol. The van der Waals surface area contributed by atoms with E-state index in [-0.39, 0.29) is 63.0 Å². The van der Waals surface area contributed by atoms with Crippen LogP contribution in [0.4, 0.5) is 0 Å². The number of carbonyl (C=O) groups is 6. The Morgan fingerprint density at radius 1 is 0.467 bits per heavy atom. The molecule has 15 nitrogen and oxygen atoms in total. The summed E-state index contributed by atoms with van der Waals surface area (Å²) in [5.74, 6) is -2.07. The lowest BCUT2D eigenvalue weighted by Gasteiger charge is -2.15. The highest BCUT2D eigenvalue weighted by molar-refractivity contribution is 5.83. The monoisotopic (exact) mass is 644 g/mol. The summed E-state index contributed by atoms with van der Waals surface area (Å²) in [4.78, 5) is 70.4. The molecule has 0 heterocycles. The minimum absolute atomic E-state index is 0.0407. The van der Waals surface area contributed by atoms with Crippen LogP contribution in [0.5, 0.6) is 0 Å². The Morgan fingerprint density at radius 3 is 1.18 bits per heavy atom. The molecule has 0 aliphatic heterocycles. The lowest BCUT2D eigenvalue weighted by Crippen LogP contribution is -2.31. The average Bonchev–Trinajstić information content (AvgIpc) is 3.01. The van der Waals surface area contributed by atoms with Crippen molar-refractivity contribution < 1.29 is 44.4 Å². The van der Waals surface area contributed by atoms with Crippen molar-refractivity contribution in [3.63, 3.8) is 0 Å². The van der Waals surface area contributed by atoms with E-state index in [1.165, 1.54) is 6.92 Å². The number of hydrogen-bond acceptors (Lipinski definition) is 9. The van der Waals surface area contributed by atoms with Crippen LogP contribution in [-0.4, -0.2) is 106 Å². The highest BCUT2D eigenvalue weighted by atomic mass is 16.5. The lowest BCUT2D eigenvalue weighted by molar-refractivity contribution is -0.166. The molecule has 0 atom stereocenters. The van der Waals surface area contributed by atoms with Gasteiger partial charge in [0.15, 0.2) is 0 Å². The summed E-state index contributed by atoms with van der Waals surface area (Å²) < 4.78 is 0. The van der Waals surface area contributed by atoms with Gasteiger partial charge in [-0.15, -0.1) is 0 Å². The molecule has 6 N–H and O–H groups in total. The first-order valence-electron chi connectivity index (χ1n) is 16.2. The molecule has 15 heteroatoms. The molecule has 0 radical (unpaired) electrons. The topological polar surface area (TPSA) is 209 Å². The van der Waals surface area contributed by atoms with Gasteiger partial charge in [-0.2, -0.15) is 0 Å². The van der Waals surface area contributed by atoms with E-state index < -0.39 is 17.7 Å². The number of hydrogen-bond donors (Lipinski definition) is 6. The number of hydroxylamine groups is 6. The van der Waals surface area contributed by atoms with Crippen LogP contribution in [0.1, 0.15) is 117 Å². The predicted molar refractivity (Wildman–Crippen MR) is 165 cm³/mol. The van der Waals surface area contributed by atoms with Crippen LogP contribution in [0, 0.1) is 0 Å².